The molecule has 33 heavy (non-hydrogen) atoms. The molecule has 0 bridgehead atoms. The van der Waals surface area contributed by atoms with Crippen LogP contribution in [0.5, 0.6) is 11.5 Å². The first-order chi connectivity index (χ1) is 16.0. The Morgan fingerprint density at radius 3 is 2.58 bits per heavy atom. The summed E-state index contributed by atoms with van der Waals surface area (Å²) in [5, 5.41) is 12.7. The molecule has 0 spiro atoms. The third-order valence-corrected chi connectivity index (χ3v) is 5.32. The second-order valence-electron chi connectivity index (χ2n) is 7.71. The van der Waals surface area contributed by atoms with Crippen molar-refractivity contribution in [1.82, 2.24) is 15.4 Å². The molecular formula is C24H29FN4O4. The summed E-state index contributed by atoms with van der Waals surface area (Å²) in [6, 6.07) is 9.93. The van der Waals surface area contributed by atoms with Gasteiger partial charge >= 0.3 is 0 Å². The molecule has 1 aromatic heterocycles. The molecule has 1 amide bonds. The lowest BCUT2D eigenvalue weighted by molar-refractivity contribution is -0.129. The van der Waals surface area contributed by atoms with Gasteiger partial charge in [0, 0.05) is 23.9 Å². The number of carbonyl (C=O) groups excluding carboxylic acids is 1. The second kappa shape index (κ2) is 12.0. The van der Waals surface area contributed by atoms with Crippen LogP contribution in [0.1, 0.15) is 50.6 Å². The number of hydroxylamine groups is 1. The van der Waals surface area contributed by atoms with E-state index in [2.05, 4.69) is 15.3 Å². The van der Waals surface area contributed by atoms with Gasteiger partial charge in [0.05, 0.1) is 19.2 Å². The van der Waals surface area contributed by atoms with Crippen molar-refractivity contribution in [1.29, 1.82) is 0 Å². The van der Waals surface area contributed by atoms with Crippen molar-refractivity contribution in [3.8, 4) is 11.5 Å². The smallest absolute Gasteiger partial charge is 0.243 e. The van der Waals surface area contributed by atoms with Crippen LogP contribution in [0.3, 0.4) is 0 Å². The Morgan fingerprint density at radius 2 is 1.85 bits per heavy atom. The van der Waals surface area contributed by atoms with E-state index in [9.17, 15) is 9.18 Å². The molecule has 0 fully saturated rings. The normalized spacial score (nSPS) is 11.8. The molecule has 9 heteroatoms. The molecule has 2 aromatic carbocycles. The number of carbonyl (C=O) groups is 1. The number of aromatic nitrogens is 2. The van der Waals surface area contributed by atoms with Crippen LogP contribution < -0.4 is 20.3 Å². The summed E-state index contributed by atoms with van der Waals surface area (Å²) in [4.78, 5) is 19.8. The number of nitrogens with one attached hydrogen (secondary N) is 2. The maximum absolute atomic E-state index is 13.2. The Hall–Kier alpha value is -3.46. The Morgan fingerprint density at radius 1 is 1.09 bits per heavy atom. The molecule has 0 aliphatic carbocycles. The van der Waals surface area contributed by atoms with E-state index in [4.69, 9.17) is 14.7 Å². The summed E-state index contributed by atoms with van der Waals surface area (Å²) in [5.74, 6) is 1.18. The van der Waals surface area contributed by atoms with Crippen molar-refractivity contribution in [2.75, 3.05) is 19.0 Å². The Balaban J connectivity index is 1.67. The van der Waals surface area contributed by atoms with Crippen molar-refractivity contribution in [3.05, 3.63) is 54.1 Å². The monoisotopic (exact) mass is 456 g/mol. The lowest BCUT2D eigenvalue weighted by atomic mass is 10.1. The summed E-state index contributed by atoms with van der Waals surface area (Å²) in [7, 11) is 1.58. The maximum Gasteiger partial charge on any atom is 0.243 e. The highest BCUT2D eigenvalue weighted by molar-refractivity contribution is 5.91. The summed E-state index contributed by atoms with van der Waals surface area (Å²) in [6.07, 6.45) is 5.10. The van der Waals surface area contributed by atoms with Crippen LogP contribution in [0.25, 0.3) is 10.9 Å². The largest absolute Gasteiger partial charge is 0.493 e. The molecule has 3 aromatic rings. The van der Waals surface area contributed by atoms with Gasteiger partial charge in [0.1, 0.15) is 18.0 Å². The number of unbranched alkanes of at least 4 members (excludes halogenated alkanes) is 3. The van der Waals surface area contributed by atoms with Gasteiger partial charge in [0.25, 0.3) is 0 Å². The molecule has 176 valence electrons. The van der Waals surface area contributed by atoms with Gasteiger partial charge in [-0.2, -0.15) is 0 Å². The first kappa shape index (κ1) is 24.2. The van der Waals surface area contributed by atoms with E-state index in [-0.39, 0.29) is 17.8 Å². The molecule has 0 aliphatic rings. The predicted octanol–water partition coefficient (Wildman–Crippen LogP) is 4.79. The van der Waals surface area contributed by atoms with Gasteiger partial charge < -0.3 is 14.8 Å². The molecule has 0 radical (unpaired) electrons. The van der Waals surface area contributed by atoms with E-state index in [0.717, 1.165) is 30.2 Å². The Labute approximate surface area is 192 Å². The third kappa shape index (κ3) is 6.76. The van der Waals surface area contributed by atoms with E-state index in [0.29, 0.717) is 42.3 Å². The number of nitrogens with zero attached hydrogens (tertiary/aromatic N) is 2. The zero-order valence-electron chi connectivity index (χ0n) is 18.8. The number of ether oxygens (including phenoxy) is 2. The number of hydrogen-bond acceptors (Lipinski definition) is 7. The molecule has 3 N–H and O–H groups in total. The van der Waals surface area contributed by atoms with E-state index in [1.165, 1.54) is 18.5 Å². The number of halogens is 1. The minimum atomic E-state index is -0.368. The summed E-state index contributed by atoms with van der Waals surface area (Å²) in [5.41, 5.74) is 3.28. The van der Waals surface area contributed by atoms with Gasteiger partial charge in [-0.3, -0.25) is 10.0 Å². The second-order valence-corrected chi connectivity index (χ2v) is 7.71. The van der Waals surface area contributed by atoms with Crippen LogP contribution in [0, 0.1) is 5.82 Å². The third-order valence-electron chi connectivity index (χ3n) is 5.32. The van der Waals surface area contributed by atoms with Crippen LogP contribution >= 0.6 is 0 Å². The molecule has 3 rings (SSSR count). The number of amides is 1. The highest BCUT2D eigenvalue weighted by Crippen LogP contribution is 2.35. The highest BCUT2D eigenvalue weighted by Gasteiger charge is 2.14. The minimum Gasteiger partial charge on any atom is -0.493 e. The van der Waals surface area contributed by atoms with Gasteiger partial charge in [-0.25, -0.2) is 19.8 Å². The molecule has 1 heterocycles. The number of benzene rings is 2. The Kier molecular flexibility index (Phi) is 8.77. The first-order valence-electron chi connectivity index (χ1n) is 10.9. The predicted molar refractivity (Wildman–Crippen MR) is 123 cm³/mol. The van der Waals surface area contributed by atoms with E-state index >= 15 is 0 Å². The quantitative estimate of drug-likeness (QED) is 0.204. The summed E-state index contributed by atoms with van der Waals surface area (Å²) in [6.45, 7) is 2.48. The van der Waals surface area contributed by atoms with Crippen molar-refractivity contribution < 1.29 is 23.9 Å². The van der Waals surface area contributed by atoms with Gasteiger partial charge in [-0.15, -0.1) is 0 Å². The maximum atomic E-state index is 13.2. The molecule has 1 unspecified atom stereocenters. The minimum absolute atomic E-state index is 0.0944. The van der Waals surface area contributed by atoms with Crippen molar-refractivity contribution >= 4 is 22.6 Å². The zero-order valence-corrected chi connectivity index (χ0v) is 18.8. The van der Waals surface area contributed by atoms with Gasteiger partial charge in [-0.05, 0) is 43.5 Å². The fraction of sp³-hybridized carbons (Fsp3) is 0.375. The number of fused-ring (bicyclic) bond motifs is 1. The molecule has 0 saturated heterocycles. The Bertz CT molecular complexity index is 1060. The van der Waals surface area contributed by atoms with E-state index in [1.54, 1.807) is 24.7 Å². The number of methoxy groups -OCH3 is 1. The molecule has 0 aliphatic heterocycles. The summed E-state index contributed by atoms with van der Waals surface area (Å²) < 4.78 is 24.7. The van der Waals surface area contributed by atoms with E-state index in [1.807, 2.05) is 19.1 Å². The SMILES string of the molecule is COc1cc2ncnc(NC(C)c3ccc(F)cc3)c2cc1OCCCCCCC(=O)NO. The van der Waals surface area contributed by atoms with Crippen LogP contribution in [-0.2, 0) is 4.79 Å². The fourth-order valence-electron chi connectivity index (χ4n) is 3.47. The molecular weight excluding hydrogens is 427 g/mol. The lowest BCUT2D eigenvalue weighted by Gasteiger charge is -2.17. The number of hydrogen-bond donors (Lipinski definition) is 3. The number of anilines is 1. The summed E-state index contributed by atoms with van der Waals surface area (Å²) >= 11 is 0. The first-order valence-corrected chi connectivity index (χ1v) is 10.9. The zero-order chi connectivity index (χ0) is 23.6. The van der Waals surface area contributed by atoms with Crippen molar-refractivity contribution in [3.63, 3.8) is 0 Å². The highest BCUT2D eigenvalue weighted by atomic mass is 19.1. The lowest BCUT2D eigenvalue weighted by Crippen LogP contribution is -2.17. The van der Waals surface area contributed by atoms with Crippen LogP contribution in [0.2, 0.25) is 0 Å². The van der Waals surface area contributed by atoms with Crippen LogP contribution in [-0.4, -0.2) is 34.8 Å². The molecule has 0 saturated carbocycles. The van der Waals surface area contributed by atoms with Crippen LogP contribution in [0.4, 0.5) is 10.2 Å². The van der Waals surface area contributed by atoms with E-state index < -0.39 is 0 Å². The van der Waals surface area contributed by atoms with Crippen LogP contribution in [0.15, 0.2) is 42.7 Å². The van der Waals surface area contributed by atoms with Crippen molar-refractivity contribution in [2.45, 2.75) is 45.1 Å². The van der Waals surface area contributed by atoms with Crippen molar-refractivity contribution in [2.24, 2.45) is 0 Å². The fourth-order valence-corrected chi connectivity index (χ4v) is 3.47. The van der Waals surface area contributed by atoms with Gasteiger partial charge in [0.2, 0.25) is 5.91 Å². The molecule has 8 nitrogen and oxygen atoms in total. The molecule has 1 atom stereocenters. The van der Waals surface area contributed by atoms with Gasteiger partial charge in [-0.1, -0.05) is 25.0 Å². The average Bonchev–Trinajstić information content (AvgIpc) is 2.83. The number of rotatable bonds is 12. The standard InChI is InChI=1S/C24H29FN4O4/c1-16(17-8-10-18(25)11-9-17)28-24-19-13-22(21(32-2)14-20(19)26-15-27-24)33-12-6-4-3-5-7-23(30)29-31/h8-11,13-16,31H,3-7,12H2,1-2H3,(H,29,30)(H,26,27,28). The topological polar surface area (TPSA) is 106 Å². The van der Waals surface area contributed by atoms with Gasteiger partial charge in [0.15, 0.2) is 11.5 Å². The average molecular weight is 457 g/mol.